The molecule has 1 amide bonds. The normalized spacial score (nSPS) is 30.6. The molecule has 0 bridgehead atoms. The summed E-state index contributed by atoms with van der Waals surface area (Å²) in [7, 11) is 4.32. The molecule has 0 aromatic heterocycles. The van der Waals surface area contributed by atoms with Crippen LogP contribution in [0.5, 0.6) is 0 Å². The average molecular weight is 495 g/mol. The first-order valence-corrected chi connectivity index (χ1v) is 13.1. The molecular weight excluding hydrogens is 456 g/mol. The van der Waals surface area contributed by atoms with Crippen molar-refractivity contribution in [1.29, 1.82) is 0 Å². The van der Waals surface area contributed by atoms with Crippen LogP contribution in [0.4, 0.5) is 0 Å². The first-order valence-electron chi connectivity index (χ1n) is 13.1. The maximum absolute atomic E-state index is 12.6. The van der Waals surface area contributed by atoms with Crippen molar-refractivity contribution in [2.24, 2.45) is 10.9 Å². The van der Waals surface area contributed by atoms with Crippen molar-refractivity contribution in [3.05, 3.63) is 47.9 Å². The molecule has 2 saturated carbocycles. The van der Waals surface area contributed by atoms with Crippen LogP contribution in [0.3, 0.4) is 0 Å². The zero-order chi connectivity index (χ0) is 25.3. The van der Waals surface area contributed by atoms with Gasteiger partial charge in [-0.2, -0.15) is 0 Å². The number of ketones is 1. The number of guanidine groups is 1. The molecular formula is C27H38N6O3. The third kappa shape index (κ3) is 4.79. The zero-order valence-corrected chi connectivity index (χ0v) is 21.3. The number of hydrogen-bond acceptors (Lipinski definition) is 8. The van der Waals surface area contributed by atoms with Crippen LogP contribution in [0.2, 0.25) is 0 Å². The zero-order valence-electron chi connectivity index (χ0n) is 21.3. The Labute approximate surface area is 213 Å². The third-order valence-corrected chi connectivity index (χ3v) is 8.78. The van der Waals surface area contributed by atoms with Crippen molar-refractivity contribution in [3.63, 3.8) is 0 Å². The molecule has 3 fully saturated rings. The number of hydrogen-bond donors (Lipinski definition) is 4. The number of amides is 1. The van der Waals surface area contributed by atoms with Crippen molar-refractivity contribution < 1.29 is 14.7 Å². The number of aliphatic imine (C=N–C) groups is 1. The lowest BCUT2D eigenvalue weighted by molar-refractivity contribution is -0.138. The molecule has 2 aliphatic carbocycles. The van der Waals surface area contributed by atoms with Gasteiger partial charge in [0.15, 0.2) is 0 Å². The van der Waals surface area contributed by atoms with Gasteiger partial charge in [0, 0.05) is 23.9 Å². The highest BCUT2D eigenvalue weighted by Gasteiger charge is 2.49. The number of hydrazine groups is 1. The van der Waals surface area contributed by atoms with E-state index in [1.54, 1.807) is 0 Å². The number of rotatable bonds is 6. The van der Waals surface area contributed by atoms with Gasteiger partial charge in [-0.1, -0.05) is 36.8 Å². The van der Waals surface area contributed by atoms with Crippen molar-refractivity contribution >= 4 is 17.6 Å². The minimum atomic E-state index is -0.627. The largest absolute Gasteiger partial charge is 0.509 e. The highest BCUT2D eigenvalue weighted by molar-refractivity contribution is 6.38. The van der Waals surface area contributed by atoms with Gasteiger partial charge < -0.3 is 10.0 Å². The number of aliphatic hydroxyl groups excluding tert-OH is 1. The molecule has 1 saturated heterocycles. The monoisotopic (exact) mass is 494 g/mol. The summed E-state index contributed by atoms with van der Waals surface area (Å²) in [4.78, 5) is 33.5. The lowest BCUT2D eigenvalue weighted by Crippen LogP contribution is -2.56. The Morgan fingerprint density at radius 2 is 1.89 bits per heavy atom. The van der Waals surface area contributed by atoms with Gasteiger partial charge in [0.25, 0.3) is 5.91 Å². The quantitative estimate of drug-likeness (QED) is 0.450. The van der Waals surface area contributed by atoms with Crippen LogP contribution in [0, 0.1) is 5.92 Å². The van der Waals surface area contributed by atoms with E-state index in [0.717, 1.165) is 51.4 Å². The van der Waals surface area contributed by atoms with E-state index in [1.165, 1.54) is 11.8 Å². The summed E-state index contributed by atoms with van der Waals surface area (Å²) in [5.74, 6) is -0.274. The van der Waals surface area contributed by atoms with Gasteiger partial charge in [0.1, 0.15) is 5.76 Å². The lowest BCUT2D eigenvalue weighted by Gasteiger charge is -2.49. The molecule has 2 heterocycles. The Balaban J connectivity index is 1.25. The van der Waals surface area contributed by atoms with Crippen molar-refractivity contribution in [1.82, 2.24) is 26.0 Å². The molecule has 2 aliphatic heterocycles. The summed E-state index contributed by atoms with van der Waals surface area (Å²) >= 11 is 0. The molecule has 1 spiro atoms. The summed E-state index contributed by atoms with van der Waals surface area (Å²) < 4.78 is 0. The lowest BCUT2D eigenvalue weighted by atomic mass is 9.68. The Hall–Kier alpha value is -2.75. The number of benzene rings is 1. The third-order valence-electron chi connectivity index (χ3n) is 8.78. The van der Waals surface area contributed by atoms with Crippen molar-refractivity contribution in [3.8, 4) is 0 Å². The van der Waals surface area contributed by atoms with Crippen LogP contribution in [0.25, 0.3) is 0 Å². The second-order valence-electron chi connectivity index (χ2n) is 11.1. The standard InChI is InChI=1S/C27H38N6O3/c1-32(2)27(20-9-4-3-5-10-20)13-11-26(12-14-27)16-23(30-31-26)33-18-21(34)17-28-25(33)29-24(36)22(35)15-19-7-6-8-19/h3-5,9-10,17,19,23,30-31,34H,6-8,11-16,18H2,1-2H3,(H,28,29,36)/t23-,26?,27?/m1/s1. The number of nitrogens with zero attached hydrogens (tertiary/aromatic N) is 3. The van der Waals surface area contributed by atoms with Crippen LogP contribution in [-0.4, -0.2) is 64.9 Å². The summed E-state index contributed by atoms with van der Waals surface area (Å²) in [6.45, 7) is 0.219. The average Bonchev–Trinajstić information content (AvgIpc) is 3.26. The molecule has 1 aromatic rings. The van der Waals surface area contributed by atoms with E-state index >= 15 is 0 Å². The first-order chi connectivity index (χ1) is 17.3. The Morgan fingerprint density at radius 1 is 1.17 bits per heavy atom. The molecule has 36 heavy (non-hydrogen) atoms. The van der Waals surface area contributed by atoms with Gasteiger partial charge in [0.2, 0.25) is 11.7 Å². The van der Waals surface area contributed by atoms with Gasteiger partial charge in [-0.05, 0) is 64.1 Å². The van der Waals surface area contributed by atoms with Gasteiger partial charge in [-0.25, -0.2) is 15.8 Å². The number of nitrogens with one attached hydrogen (secondary N) is 3. The second-order valence-corrected chi connectivity index (χ2v) is 11.1. The summed E-state index contributed by atoms with van der Waals surface area (Å²) in [5.41, 5.74) is 8.20. The van der Waals surface area contributed by atoms with Crippen LogP contribution in [-0.2, 0) is 15.1 Å². The predicted octanol–water partition coefficient (Wildman–Crippen LogP) is 2.53. The first kappa shape index (κ1) is 24.9. The summed E-state index contributed by atoms with van der Waals surface area (Å²) in [6, 6.07) is 10.7. The Kier molecular flexibility index (Phi) is 6.89. The number of carbonyl (C=O) groups is 2. The van der Waals surface area contributed by atoms with E-state index in [4.69, 9.17) is 0 Å². The highest BCUT2D eigenvalue weighted by Crippen LogP contribution is 2.47. The van der Waals surface area contributed by atoms with E-state index in [1.807, 2.05) is 4.90 Å². The maximum atomic E-state index is 12.6. The van der Waals surface area contributed by atoms with Gasteiger partial charge in [-0.15, -0.1) is 0 Å². The molecule has 1 aromatic carbocycles. The molecule has 1 atom stereocenters. The van der Waals surface area contributed by atoms with E-state index in [9.17, 15) is 14.7 Å². The number of Topliss-reactive ketones (excluding diaryl/α,β-unsaturated/α-hetero) is 1. The second kappa shape index (κ2) is 9.95. The summed E-state index contributed by atoms with van der Waals surface area (Å²) in [6.07, 6.45) is 9.42. The molecule has 4 N–H and O–H groups in total. The highest BCUT2D eigenvalue weighted by atomic mass is 16.3. The van der Waals surface area contributed by atoms with E-state index in [0.29, 0.717) is 18.3 Å². The fourth-order valence-electron chi connectivity index (χ4n) is 6.20. The van der Waals surface area contributed by atoms with Crippen LogP contribution < -0.4 is 16.2 Å². The van der Waals surface area contributed by atoms with Crippen LogP contribution >= 0.6 is 0 Å². The molecule has 9 heteroatoms. The Morgan fingerprint density at radius 3 is 2.53 bits per heavy atom. The van der Waals surface area contributed by atoms with Gasteiger partial charge in [-0.3, -0.25) is 19.8 Å². The fraction of sp³-hybridized carbons (Fsp3) is 0.593. The minimum Gasteiger partial charge on any atom is -0.509 e. The minimum absolute atomic E-state index is 0.000199. The predicted molar refractivity (Wildman–Crippen MR) is 138 cm³/mol. The Bertz CT molecular complexity index is 1040. The molecule has 5 rings (SSSR count). The van der Waals surface area contributed by atoms with Crippen LogP contribution in [0.15, 0.2) is 47.3 Å². The van der Waals surface area contributed by atoms with Gasteiger partial charge in [0.05, 0.1) is 18.9 Å². The topological polar surface area (TPSA) is 109 Å². The molecule has 4 aliphatic rings. The van der Waals surface area contributed by atoms with Crippen molar-refractivity contribution in [2.45, 2.75) is 75.0 Å². The molecule has 0 unspecified atom stereocenters. The molecule has 194 valence electrons. The maximum Gasteiger partial charge on any atom is 0.294 e. The molecule has 9 nitrogen and oxygen atoms in total. The van der Waals surface area contributed by atoms with E-state index in [-0.39, 0.29) is 29.5 Å². The summed E-state index contributed by atoms with van der Waals surface area (Å²) in [5, 5.41) is 12.9. The van der Waals surface area contributed by atoms with Crippen LogP contribution in [0.1, 0.15) is 63.4 Å². The molecule has 0 radical (unpaired) electrons. The van der Waals surface area contributed by atoms with Gasteiger partial charge >= 0.3 is 0 Å². The smallest absolute Gasteiger partial charge is 0.294 e. The fourth-order valence-corrected chi connectivity index (χ4v) is 6.20. The SMILES string of the molecule is CN(C)C1(c2ccccc2)CCC2(CC1)C[C@@H](N1CC(O)=CN=C1NC(=O)C(=O)CC1CCC1)NN2. The van der Waals surface area contributed by atoms with E-state index in [2.05, 4.69) is 70.5 Å². The van der Waals surface area contributed by atoms with E-state index < -0.39 is 11.7 Å². The van der Waals surface area contributed by atoms with Crippen molar-refractivity contribution in [2.75, 3.05) is 20.6 Å². The number of carbonyl (C=O) groups excluding carboxylic acids is 2. The number of aliphatic hydroxyl groups is 1.